The van der Waals surface area contributed by atoms with Gasteiger partial charge in [-0.25, -0.2) is 8.78 Å². The van der Waals surface area contributed by atoms with E-state index in [1.54, 1.807) is 12.1 Å². The molecule has 106 valence electrons. The van der Waals surface area contributed by atoms with Crippen LogP contribution in [0.1, 0.15) is 37.8 Å². The van der Waals surface area contributed by atoms with Gasteiger partial charge in [0, 0.05) is 12.0 Å². The third-order valence-corrected chi connectivity index (χ3v) is 3.73. The molecule has 0 aromatic heterocycles. The Morgan fingerprint density at radius 1 is 1.26 bits per heavy atom. The first-order valence-electron chi connectivity index (χ1n) is 7.15. The summed E-state index contributed by atoms with van der Waals surface area (Å²) >= 11 is 0. The fourth-order valence-corrected chi connectivity index (χ4v) is 2.74. The quantitative estimate of drug-likeness (QED) is 0.851. The third kappa shape index (κ3) is 4.00. The topological polar surface area (TPSA) is 12.0 Å². The number of hydrogen-bond acceptors (Lipinski definition) is 1. The van der Waals surface area contributed by atoms with Gasteiger partial charge in [0.15, 0.2) is 0 Å². The van der Waals surface area contributed by atoms with Gasteiger partial charge in [-0.15, -0.1) is 0 Å². The van der Waals surface area contributed by atoms with Crippen LogP contribution in [0.25, 0.3) is 0 Å². The Bertz CT molecular complexity index is 392. The molecule has 1 aliphatic heterocycles. The van der Waals surface area contributed by atoms with Crippen molar-refractivity contribution < 1.29 is 8.78 Å². The molecule has 1 saturated heterocycles. The number of alkyl halides is 2. The van der Waals surface area contributed by atoms with Crippen molar-refractivity contribution in [2.24, 2.45) is 11.8 Å². The molecule has 1 heterocycles. The van der Waals surface area contributed by atoms with E-state index in [2.05, 4.69) is 5.32 Å². The van der Waals surface area contributed by atoms with E-state index in [0.717, 1.165) is 25.1 Å². The maximum atomic E-state index is 13.9. The molecule has 3 heteroatoms. The van der Waals surface area contributed by atoms with Crippen LogP contribution < -0.4 is 5.32 Å². The maximum absolute atomic E-state index is 13.9. The van der Waals surface area contributed by atoms with Crippen LogP contribution in [0, 0.1) is 11.8 Å². The molecule has 1 aromatic carbocycles. The zero-order chi connectivity index (χ0) is 13.9. The molecule has 1 fully saturated rings. The molecule has 1 N–H and O–H groups in total. The van der Waals surface area contributed by atoms with Gasteiger partial charge in [-0.2, -0.15) is 0 Å². The van der Waals surface area contributed by atoms with Crippen molar-refractivity contribution in [2.45, 2.75) is 39.0 Å². The minimum absolute atomic E-state index is 0.000704. The van der Waals surface area contributed by atoms with Crippen molar-refractivity contribution in [3.8, 4) is 0 Å². The first-order chi connectivity index (χ1) is 8.97. The van der Waals surface area contributed by atoms with Gasteiger partial charge in [0.1, 0.15) is 0 Å². The van der Waals surface area contributed by atoms with Crippen LogP contribution in [0.3, 0.4) is 0 Å². The summed E-state index contributed by atoms with van der Waals surface area (Å²) in [4.78, 5) is 0. The number of benzene rings is 1. The number of nitrogens with one attached hydrogen (secondary N) is 1. The van der Waals surface area contributed by atoms with Crippen LogP contribution in [0.5, 0.6) is 0 Å². The summed E-state index contributed by atoms with van der Waals surface area (Å²) in [6.07, 6.45) is 2.09. The number of halogens is 2. The molecule has 0 radical (unpaired) electrons. The zero-order valence-corrected chi connectivity index (χ0v) is 11.8. The monoisotopic (exact) mass is 267 g/mol. The molecule has 0 aliphatic carbocycles. The molecule has 2 rings (SSSR count). The first-order valence-corrected chi connectivity index (χ1v) is 7.15. The van der Waals surface area contributed by atoms with Gasteiger partial charge in [0.05, 0.1) is 0 Å². The van der Waals surface area contributed by atoms with E-state index in [4.69, 9.17) is 0 Å². The lowest BCUT2D eigenvalue weighted by Gasteiger charge is -2.19. The Balaban J connectivity index is 2.00. The lowest BCUT2D eigenvalue weighted by Crippen LogP contribution is -2.16. The average Bonchev–Trinajstić information content (AvgIpc) is 2.81. The van der Waals surface area contributed by atoms with E-state index in [9.17, 15) is 8.78 Å². The third-order valence-electron chi connectivity index (χ3n) is 3.73. The molecule has 0 spiro atoms. The highest BCUT2D eigenvalue weighted by atomic mass is 19.3. The predicted octanol–water partition coefficient (Wildman–Crippen LogP) is 3.98. The zero-order valence-electron chi connectivity index (χ0n) is 11.8. The highest BCUT2D eigenvalue weighted by Crippen LogP contribution is 2.34. The summed E-state index contributed by atoms with van der Waals surface area (Å²) in [7, 11) is 0. The molecule has 0 saturated carbocycles. The highest BCUT2D eigenvalue weighted by molar-refractivity contribution is 5.26. The van der Waals surface area contributed by atoms with Gasteiger partial charge < -0.3 is 5.32 Å². The Morgan fingerprint density at radius 3 is 2.47 bits per heavy atom. The van der Waals surface area contributed by atoms with Gasteiger partial charge in [-0.3, -0.25) is 0 Å². The van der Waals surface area contributed by atoms with Gasteiger partial charge in [0.2, 0.25) is 0 Å². The van der Waals surface area contributed by atoms with Crippen molar-refractivity contribution >= 4 is 0 Å². The van der Waals surface area contributed by atoms with Gasteiger partial charge >= 0.3 is 0 Å². The second-order valence-electron chi connectivity index (χ2n) is 6.06. The molecule has 0 amide bonds. The largest absolute Gasteiger partial charge is 0.316 e. The Hall–Kier alpha value is -0.960. The molecule has 1 unspecified atom stereocenters. The first kappa shape index (κ1) is 14.4. The van der Waals surface area contributed by atoms with E-state index in [1.807, 2.05) is 26.0 Å². The molecule has 1 nitrogen and oxygen atoms in total. The summed E-state index contributed by atoms with van der Waals surface area (Å²) in [5.74, 6) is -2.05. The van der Waals surface area contributed by atoms with E-state index < -0.39 is 5.92 Å². The SMILES string of the molecule is CC(C)CC(F)(F)c1ccc(CC2CCNC2)cc1. The highest BCUT2D eigenvalue weighted by Gasteiger charge is 2.32. The van der Waals surface area contributed by atoms with E-state index in [-0.39, 0.29) is 17.9 Å². The summed E-state index contributed by atoms with van der Waals surface area (Å²) in [6.45, 7) is 5.78. The summed E-state index contributed by atoms with van der Waals surface area (Å²) in [6, 6.07) is 6.92. The van der Waals surface area contributed by atoms with E-state index >= 15 is 0 Å². The average molecular weight is 267 g/mol. The Labute approximate surface area is 114 Å². The lowest BCUT2D eigenvalue weighted by molar-refractivity contribution is -0.0249. The van der Waals surface area contributed by atoms with Crippen LogP contribution >= 0.6 is 0 Å². The maximum Gasteiger partial charge on any atom is 0.273 e. The molecule has 1 aliphatic rings. The molecule has 1 atom stereocenters. The van der Waals surface area contributed by atoms with Crippen LogP contribution in [0.2, 0.25) is 0 Å². The van der Waals surface area contributed by atoms with Crippen LogP contribution in [-0.4, -0.2) is 13.1 Å². The minimum Gasteiger partial charge on any atom is -0.316 e. The number of rotatable bonds is 5. The van der Waals surface area contributed by atoms with Gasteiger partial charge in [-0.1, -0.05) is 38.1 Å². The van der Waals surface area contributed by atoms with E-state index in [0.29, 0.717) is 5.92 Å². The molecule has 1 aromatic rings. The van der Waals surface area contributed by atoms with Crippen molar-refractivity contribution in [1.82, 2.24) is 5.32 Å². The van der Waals surface area contributed by atoms with Crippen molar-refractivity contribution in [1.29, 1.82) is 0 Å². The molecular weight excluding hydrogens is 244 g/mol. The minimum atomic E-state index is -2.71. The second-order valence-corrected chi connectivity index (χ2v) is 6.06. The number of hydrogen-bond donors (Lipinski definition) is 1. The fourth-order valence-electron chi connectivity index (χ4n) is 2.74. The van der Waals surface area contributed by atoms with Crippen molar-refractivity contribution in [2.75, 3.05) is 13.1 Å². The van der Waals surface area contributed by atoms with Crippen molar-refractivity contribution in [3.05, 3.63) is 35.4 Å². The molecular formula is C16H23F2N. The summed E-state index contributed by atoms with van der Waals surface area (Å²) < 4.78 is 27.9. The van der Waals surface area contributed by atoms with Gasteiger partial charge in [-0.05, 0) is 43.3 Å². The standard InChI is InChI=1S/C16H23F2N/c1-12(2)10-16(17,18)15-5-3-13(4-6-15)9-14-7-8-19-11-14/h3-6,12,14,19H,7-11H2,1-2H3. The second kappa shape index (κ2) is 6.00. The summed E-state index contributed by atoms with van der Waals surface area (Å²) in [5, 5.41) is 3.33. The fraction of sp³-hybridized carbons (Fsp3) is 0.625. The normalized spacial score (nSPS) is 20.2. The van der Waals surface area contributed by atoms with Crippen molar-refractivity contribution in [3.63, 3.8) is 0 Å². The Kier molecular flexibility index (Phi) is 4.56. The molecule has 0 bridgehead atoms. The smallest absolute Gasteiger partial charge is 0.273 e. The summed E-state index contributed by atoms with van der Waals surface area (Å²) in [5.41, 5.74) is 1.31. The van der Waals surface area contributed by atoms with E-state index in [1.165, 1.54) is 6.42 Å². The Morgan fingerprint density at radius 2 is 1.95 bits per heavy atom. The van der Waals surface area contributed by atoms with Crippen LogP contribution in [0.4, 0.5) is 8.78 Å². The van der Waals surface area contributed by atoms with Crippen LogP contribution in [0.15, 0.2) is 24.3 Å². The van der Waals surface area contributed by atoms with Crippen LogP contribution in [-0.2, 0) is 12.3 Å². The van der Waals surface area contributed by atoms with Gasteiger partial charge in [0.25, 0.3) is 5.92 Å². The lowest BCUT2D eigenvalue weighted by atomic mass is 9.94. The predicted molar refractivity (Wildman–Crippen MR) is 74.5 cm³/mol. The molecule has 19 heavy (non-hydrogen) atoms.